The van der Waals surface area contributed by atoms with Crippen LogP contribution in [0.4, 0.5) is 0 Å². The largest absolute Gasteiger partial charge is 0.421 e. The van der Waals surface area contributed by atoms with E-state index in [1.807, 2.05) is 0 Å². The highest BCUT2D eigenvalue weighted by atomic mass is 32.3. The lowest BCUT2D eigenvalue weighted by Crippen LogP contribution is -2.41. The minimum absolute atomic E-state index is 0.0825. The van der Waals surface area contributed by atoms with Gasteiger partial charge in [0.25, 0.3) is 0 Å². The SMILES string of the molecule is CCC(CC1CCC[SiH2]O1)NCC(O)COC1CCC(C(C)(C)C2CCC(COCC(C)CNCCOS(=O)(=O)O)CC2)CC1. The highest BCUT2D eigenvalue weighted by Crippen LogP contribution is 2.49. The van der Waals surface area contributed by atoms with Crippen LogP contribution in [0.25, 0.3) is 0 Å². The Morgan fingerprint density at radius 3 is 2.31 bits per heavy atom. The summed E-state index contributed by atoms with van der Waals surface area (Å²) in [6.45, 7) is 12.8. The molecule has 0 spiro atoms. The van der Waals surface area contributed by atoms with Crippen molar-refractivity contribution in [2.75, 3.05) is 46.1 Å². The van der Waals surface area contributed by atoms with Gasteiger partial charge in [-0.2, -0.15) is 8.42 Å². The molecule has 3 aliphatic rings. The summed E-state index contributed by atoms with van der Waals surface area (Å²) in [6.07, 6.45) is 14.5. The summed E-state index contributed by atoms with van der Waals surface area (Å²) < 4.78 is 52.4. The molecule has 4 unspecified atom stereocenters. The second-order valence-corrected chi connectivity index (χ2v) is 17.4. The quantitative estimate of drug-likeness (QED) is 0.0793. The van der Waals surface area contributed by atoms with E-state index in [0.717, 1.165) is 44.1 Å². The minimum Gasteiger partial charge on any atom is -0.421 e. The maximum Gasteiger partial charge on any atom is 0.397 e. The van der Waals surface area contributed by atoms with Gasteiger partial charge in [-0.1, -0.05) is 34.1 Å². The van der Waals surface area contributed by atoms with Crippen LogP contribution in [0.2, 0.25) is 6.04 Å². The van der Waals surface area contributed by atoms with Gasteiger partial charge >= 0.3 is 10.4 Å². The van der Waals surface area contributed by atoms with Crippen molar-refractivity contribution in [3.63, 3.8) is 0 Å². The topological polar surface area (TPSA) is 136 Å². The van der Waals surface area contributed by atoms with Crippen molar-refractivity contribution in [3.8, 4) is 0 Å². The number of hydrogen-bond donors (Lipinski definition) is 4. The van der Waals surface area contributed by atoms with Crippen molar-refractivity contribution >= 4 is 20.2 Å². The number of hydrogen-bond acceptors (Lipinski definition) is 9. The van der Waals surface area contributed by atoms with Crippen LogP contribution >= 0.6 is 0 Å². The van der Waals surface area contributed by atoms with E-state index in [1.54, 1.807) is 0 Å². The molecule has 0 aromatic carbocycles. The van der Waals surface area contributed by atoms with Crippen LogP contribution in [0.3, 0.4) is 0 Å². The second kappa shape index (κ2) is 20.4. The normalized spacial score (nSPS) is 29.4. The summed E-state index contributed by atoms with van der Waals surface area (Å²) in [5, 5.41) is 17.3. The van der Waals surface area contributed by atoms with E-state index in [-0.39, 0.29) is 22.5 Å². The van der Waals surface area contributed by atoms with E-state index in [1.165, 1.54) is 57.4 Å². The lowest BCUT2D eigenvalue weighted by atomic mass is 9.60. The fourth-order valence-corrected chi connectivity index (χ4v) is 9.35. The van der Waals surface area contributed by atoms with E-state index < -0.39 is 16.5 Å². The maximum atomic E-state index is 10.6. The van der Waals surface area contributed by atoms with Crippen LogP contribution in [0.1, 0.15) is 105 Å². The van der Waals surface area contributed by atoms with E-state index in [0.29, 0.717) is 62.2 Å². The molecule has 0 bridgehead atoms. The van der Waals surface area contributed by atoms with Crippen molar-refractivity contribution in [1.82, 2.24) is 10.6 Å². The maximum absolute atomic E-state index is 10.6. The first-order chi connectivity index (χ1) is 21.5. The van der Waals surface area contributed by atoms with Gasteiger partial charge in [0.15, 0.2) is 9.76 Å². The highest BCUT2D eigenvalue weighted by Gasteiger charge is 2.40. The van der Waals surface area contributed by atoms with Crippen LogP contribution in [-0.2, 0) is 28.5 Å². The molecule has 4 N–H and O–H groups in total. The van der Waals surface area contributed by atoms with E-state index >= 15 is 0 Å². The Hall–Kier alpha value is -0.153. The lowest BCUT2D eigenvalue weighted by Gasteiger charge is -2.46. The molecule has 45 heavy (non-hydrogen) atoms. The highest BCUT2D eigenvalue weighted by molar-refractivity contribution is 7.80. The van der Waals surface area contributed by atoms with Gasteiger partial charge in [-0.05, 0) is 112 Å². The summed E-state index contributed by atoms with van der Waals surface area (Å²) in [7, 11) is -4.66. The monoisotopic (exact) mass is 678 g/mol. The molecule has 3 rings (SSSR count). The van der Waals surface area contributed by atoms with Gasteiger partial charge in [-0.3, -0.25) is 4.55 Å². The Bertz CT molecular complexity index is 891. The average Bonchev–Trinajstić information content (AvgIpc) is 3.02. The molecule has 2 aliphatic carbocycles. The fraction of sp³-hybridized carbons (Fsp3) is 1.00. The molecule has 0 amide bonds. The van der Waals surface area contributed by atoms with E-state index in [9.17, 15) is 13.5 Å². The van der Waals surface area contributed by atoms with Gasteiger partial charge in [0.1, 0.15) is 0 Å². The van der Waals surface area contributed by atoms with Crippen LogP contribution in [0.15, 0.2) is 0 Å². The van der Waals surface area contributed by atoms with Gasteiger partial charge < -0.3 is 29.6 Å². The van der Waals surface area contributed by atoms with E-state index in [2.05, 4.69) is 42.5 Å². The van der Waals surface area contributed by atoms with Crippen LogP contribution in [0.5, 0.6) is 0 Å². The molecule has 1 saturated heterocycles. The molecule has 1 heterocycles. The Kier molecular flexibility index (Phi) is 17.8. The van der Waals surface area contributed by atoms with E-state index in [4.69, 9.17) is 18.5 Å². The average molecular weight is 679 g/mol. The zero-order valence-corrected chi connectivity index (χ0v) is 31.0. The third-order valence-corrected chi connectivity index (χ3v) is 12.8. The molecule has 4 atom stereocenters. The molecule has 2 saturated carbocycles. The number of nitrogens with one attached hydrogen (secondary N) is 2. The molecular formula is C33H66N2O8SSi. The lowest BCUT2D eigenvalue weighted by molar-refractivity contribution is -0.0478. The first kappa shape index (κ1) is 39.3. The second-order valence-electron chi connectivity index (χ2n) is 14.8. The third kappa shape index (κ3) is 15.3. The summed E-state index contributed by atoms with van der Waals surface area (Å²) >= 11 is 0. The zero-order valence-electron chi connectivity index (χ0n) is 28.7. The standard InChI is InChI=1S/C33H66N2O8SSi/c1-5-29(19-32-7-6-18-45-43-32)35-21-30(36)24-41-31-14-12-28(13-15-31)33(3,4)27-10-8-26(9-11-27)23-40-22-25(2)20-34-16-17-42-44(37,38)39/h25-32,34-36H,5-24,45H2,1-4H3,(H,37,38,39). The predicted molar refractivity (Wildman–Crippen MR) is 181 cm³/mol. The predicted octanol–water partition coefficient (Wildman–Crippen LogP) is 4.26. The van der Waals surface area contributed by atoms with Crippen molar-refractivity contribution in [1.29, 1.82) is 0 Å². The summed E-state index contributed by atoms with van der Waals surface area (Å²) in [5.41, 5.74) is 0.333. The van der Waals surface area contributed by atoms with Crippen LogP contribution in [0, 0.1) is 29.1 Å². The van der Waals surface area contributed by atoms with Crippen molar-refractivity contribution in [2.24, 2.45) is 29.1 Å². The van der Waals surface area contributed by atoms with Gasteiger partial charge in [-0.25, -0.2) is 4.18 Å². The van der Waals surface area contributed by atoms with Crippen LogP contribution in [-0.4, -0.2) is 98.3 Å². The molecule has 1 aliphatic heterocycles. The zero-order chi connectivity index (χ0) is 32.7. The van der Waals surface area contributed by atoms with Gasteiger partial charge in [0.05, 0.1) is 32.0 Å². The Balaban J connectivity index is 1.24. The molecule has 0 radical (unpaired) electrons. The number of ether oxygens (including phenoxy) is 2. The molecule has 10 nitrogen and oxygen atoms in total. The molecule has 266 valence electrons. The summed E-state index contributed by atoms with van der Waals surface area (Å²) in [4.78, 5) is 0. The summed E-state index contributed by atoms with van der Waals surface area (Å²) in [5.74, 6) is 2.42. The fourth-order valence-electron chi connectivity index (χ4n) is 7.76. The molecule has 12 heteroatoms. The summed E-state index contributed by atoms with van der Waals surface area (Å²) in [6, 6.07) is 1.73. The smallest absolute Gasteiger partial charge is 0.397 e. The molecular weight excluding hydrogens is 613 g/mol. The first-order valence-electron chi connectivity index (χ1n) is 18.0. The number of rotatable bonds is 21. The minimum atomic E-state index is -4.37. The first-order valence-corrected chi connectivity index (χ1v) is 20.9. The molecule has 0 aromatic rings. The van der Waals surface area contributed by atoms with Gasteiger partial charge in [0, 0.05) is 31.8 Å². The van der Waals surface area contributed by atoms with Crippen molar-refractivity contribution in [2.45, 2.75) is 135 Å². The molecule has 0 aromatic heterocycles. The number of aliphatic hydroxyl groups excluding tert-OH is 1. The molecule has 3 fully saturated rings. The van der Waals surface area contributed by atoms with Gasteiger partial charge in [0.2, 0.25) is 0 Å². The number of aliphatic hydroxyl groups is 1. The van der Waals surface area contributed by atoms with Crippen LogP contribution < -0.4 is 10.6 Å². The van der Waals surface area contributed by atoms with Crippen molar-refractivity contribution < 1.29 is 36.2 Å². The third-order valence-electron chi connectivity index (χ3n) is 10.9. The Morgan fingerprint density at radius 1 is 1.00 bits per heavy atom. The van der Waals surface area contributed by atoms with Crippen molar-refractivity contribution in [3.05, 3.63) is 0 Å². The van der Waals surface area contributed by atoms with Gasteiger partial charge in [-0.15, -0.1) is 0 Å². The Labute approximate surface area is 276 Å². The Morgan fingerprint density at radius 2 is 1.69 bits per heavy atom.